The minimum absolute atomic E-state index is 0.0341. The van der Waals surface area contributed by atoms with Gasteiger partial charge in [-0.05, 0) is 18.6 Å². The van der Waals surface area contributed by atoms with Crippen molar-refractivity contribution in [2.24, 2.45) is 0 Å². The molecule has 0 saturated heterocycles. The molecule has 0 fully saturated rings. The summed E-state index contributed by atoms with van der Waals surface area (Å²) in [5.41, 5.74) is 0.544. The zero-order valence-electron chi connectivity index (χ0n) is 9.96. The molecule has 2 N–H and O–H groups in total. The number of ketones is 1. The van der Waals surface area contributed by atoms with E-state index in [4.69, 9.17) is 10.2 Å². The van der Waals surface area contributed by atoms with Gasteiger partial charge in [0.1, 0.15) is 0 Å². The van der Waals surface area contributed by atoms with Crippen LogP contribution >= 0.6 is 11.8 Å². The molecule has 0 atom stereocenters. The standard InChI is InChI=1S/C13H16O4S/c14-8-1-9-18-11-4-2-10(3-5-11)12(15)6-7-13(16)17/h2-5,14H,1,6-9H2,(H,16,17). The van der Waals surface area contributed by atoms with Gasteiger partial charge in [-0.15, -0.1) is 11.8 Å². The zero-order chi connectivity index (χ0) is 13.4. The van der Waals surface area contributed by atoms with Crippen LogP contribution in [0, 0.1) is 0 Å². The summed E-state index contributed by atoms with van der Waals surface area (Å²) in [6.07, 6.45) is 0.641. The highest BCUT2D eigenvalue weighted by Gasteiger charge is 2.08. The summed E-state index contributed by atoms with van der Waals surface area (Å²) in [6, 6.07) is 7.11. The summed E-state index contributed by atoms with van der Waals surface area (Å²) in [5, 5.41) is 17.2. The lowest BCUT2D eigenvalue weighted by Gasteiger charge is -2.02. The van der Waals surface area contributed by atoms with E-state index in [9.17, 15) is 9.59 Å². The van der Waals surface area contributed by atoms with E-state index in [1.54, 1.807) is 23.9 Å². The van der Waals surface area contributed by atoms with Crippen molar-refractivity contribution in [3.05, 3.63) is 29.8 Å². The lowest BCUT2D eigenvalue weighted by Crippen LogP contribution is -2.03. The molecule has 0 amide bonds. The number of carbonyl (C=O) groups excluding carboxylic acids is 1. The maximum absolute atomic E-state index is 11.6. The SMILES string of the molecule is O=C(O)CCC(=O)c1ccc(SCCCO)cc1. The molecule has 98 valence electrons. The van der Waals surface area contributed by atoms with E-state index in [0.717, 1.165) is 17.1 Å². The van der Waals surface area contributed by atoms with Crippen LogP contribution in [0.25, 0.3) is 0 Å². The van der Waals surface area contributed by atoms with Crippen molar-refractivity contribution >= 4 is 23.5 Å². The van der Waals surface area contributed by atoms with Crippen LogP contribution in [-0.4, -0.2) is 34.3 Å². The van der Waals surface area contributed by atoms with Crippen LogP contribution in [-0.2, 0) is 4.79 Å². The second kappa shape index (κ2) is 7.89. The first-order valence-electron chi connectivity index (χ1n) is 5.72. The number of carboxylic acid groups (broad SMARTS) is 1. The largest absolute Gasteiger partial charge is 0.481 e. The van der Waals surface area contributed by atoms with E-state index in [1.165, 1.54) is 0 Å². The highest BCUT2D eigenvalue weighted by molar-refractivity contribution is 7.99. The number of aliphatic hydroxyl groups excluding tert-OH is 1. The smallest absolute Gasteiger partial charge is 0.303 e. The van der Waals surface area contributed by atoms with Gasteiger partial charge in [-0.25, -0.2) is 0 Å². The predicted molar refractivity (Wildman–Crippen MR) is 70.1 cm³/mol. The predicted octanol–water partition coefficient (Wildman–Crippen LogP) is 2.21. The molecule has 18 heavy (non-hydrogen) atoms. The van der Waals surface area contributed by atoms with Gasteiger partial charge in [0.05, 0.1) is 6.42 Å². The van der Waals surface area contributed by atoms with Gasteiger partial charge < -0.3 is 10.2 Å². The Hall–Kier alpha value is -1.33. The Morgan fingerprint density at radius 2 is 1.78 bits per heavy atom. The number of aliphatic hydroxyl groups is 1. The van der Waals surface area contributed by atoms with Crippen LogP contribution in [0.5, 0.6) is 0 Å². The van der Waals surface area contributed by atoms with E-state index in [1.807, 2.05) is 12.1 Å². The van der Waals surface area contributed by atoms with Gasteiger partial charge in [0.15, 0.2) is 5.78 Å². The molecule has 0 aliphatic carbocycles. The summed E-state index contributed by atoms with van der Waals surface area (Å²) >= 11 is 1.62. The third-order valence-corrected chi connectivity index (χ3v) is 3.41. The third-order valence-electron chi connectivity index (χ3n) is 2.31. The molecule has 1 aromatic rings. The molecule has 0 unspecified atom stereocenters. The topological polar surface area (TPSA) is 74.6 Å². The fourth-order valence-electron chi connectivity index (χ4n) is 1.36. The van der Waals surface area contributed by atoms with E-state index >= 15 is 0 Å². The third kappa shape index (κ3) is 5.33. The normalized spacial score (nSPS) is 10.3. The molecular formula is C13H16O4S. The summed E-state index contributed by atoms with van der Waals surface area (Å²) < 4.78 is 0. The van der Waals surface area contributed by atoms with Crippen molar-refractivity contribution in [2.75, 3.05) is 12.4 Å². The Labute approximate surface area is 110 Å². The molecule has 0 heterocycles. The number of hydrogen-bond acceptors (Lipinski definition) is 4. The first-order valence-corrected chi connectivity index (χ1v) is 6.70. The average molecular weight is 268 g/mol. The fourth-order valence-corrected chi connectivity index (χ4v) is 2.19. The van der Waals surface area contributed by atoms with Crippen LogP contribution in [0.15, 0.2) is 29.2 Å². The summed E-state index contributed by atoms with van der Waals surface area (Å²) in [7, 11) is 0. The van der Waals surface area contributed by atoms with Crippen molar-refractivity contribution in [1.29, 1.82) is 0 Å². The highest BCUT2D eigenvalue weighted by Crippen LogP contribution is 2.19. The molecule has 0 saturated carbocycles. The van der Waals surface area contributed by atoms with E-state index in [0.29, 0.717) is 5.56 Å². The van der Waals surface area contributed by atoms with Gasteiger partial charge in [0, 0.05) is 29.2 Å². The lowest BCUT2D eigenvalue weighted by molar-refractivity contribution is -0.136. The fraction of sp³-hybridized carbons (Fsp3) is 0.385. The van der Waals surface area contributed by atoms with E-state index in [2.05, 4.69) is 0 Å². The molecule has 0 aliphatic heterocycles. The molecule has 1 aromatic carbocycles. The second-order valence-corrected chi connectivity index (χ2v) is 4.94. The molecule has 0 aromatic heterocycles. The number of rotatable bonds is 8. The summed E-state index contributed by atoms with van der Waals surface area (Å²) in [5.74, 6) is -0.271. The van der Waals surface area contributed by atoms with Gasteiger partial charge in [-0.1, -0.05) is 12.1 Å². The first kappa shape index (κ1) is 14.7. The van der Waals surface area contributed by atoms with Gasteiger partial charge in [0.25, 0.3) is 0 Å². The number of hydrogen-bond donors (Lipinski definition) is 2. The van der Waals surface area contributed by atoms with Crippen LogP contribution in [0.1, 0.15) is 29.6 Å². The number of Topliss-reactive ketones (excluding diaryl/α,β-unsaturated/α-hetero) is 1. The lowest BCUT2D eigenvalue weighted by atomic mass is 10.1. The Morgan fingerprint density at radius 3 is 2.33 bits per heavy atom. The van der Waals surface area contributed by atoms with Crippen molar-refractivity contribution in [3.63, 3.8) is 0 Å². The monoisotopic (exact) mass is 268 g/mol. The molecule has 0 radical (unpaired) electrons. The maximum Gasteiger partial charge on any atom is 0.303 e. The molecular weight excluding hydrogens is 252 g/mol. The van der Waals surface area contributed by atoms with Crippen LogP contribution in [0.4, 0.5) is 0 Å². The van der Waals surface area contributed by atoms with Crippen molar-refractivity contribution in [1.82, 2.24) is 0 Å². The van der Waals surface area contributed by atoms with Gasteiger partial charge in [0.2, 0.25) is 0 Å². The van der Waals surface area contributed by atoms with Crippen LogP contribution in [0.3, 0.4) is 0 Å². The molecule has 0 bridgehead atoms. The Morgan fingerprint density at radius 1 is 1.11 bits per heavy atom. The molecule has 5 heteroatoms. The van der Waals surface area contributed by atoms with Gasteiger partial charge in [-0.3, -0.25) is 9.59 Å². The van der Waals surface area contributed by atoms with Gasteiger partial charge >= 0.3 is 5.97 Å². The maximum atomic E-state index is 11.6. The zero-order valence-corrected chi connectivity index (χ0v) is 10.8. The Balaban J connectivity index is 2.48. The number of aliphatic carboxylic acids is 1. The summed E-state index contributed by atoms with van der Waals surface area (Å²) in [6.45, 7) is 0.179. The molecule has 0 spiro atoms. The number of carboxylic acids is 1. The van der Waals surface area contributed by atoms with Crippen molar-refractivity contribution in [3.8, 4) is 0 Å². The van der Waals surface area contributed by atoms with E-state index < -0.39 is 5.97 Å². The number of thioether (sulfide) groups is 1. The van der Waals surface area contributed by atoms with E-state index in [-0.39, 0.29) is 25.2 Å². The first-order chi connectivity index (χ1) is 8.63. The summed E-state index contributed by atoms with van der Waals surface area (Å²) in [4.78, 5) is 23.0. The van der Waals surface area contributed by atoms with Crippen molar-refractivity contribution in [2.45, 2.75) is 24.2 Å². The highest BCUT2D eigenvalue weighted by atomic mass is 32.2. The van der Waals surface area contributed by atoms with Crippen LogP contribution in [0.2, 0.25) is 0 Å². The number of benzene rings is 1. The average Bonchev–Trinajstić information content (AvgIpc) is 2.37. The second-order valence-electron chi connectivity index (χ2n) is 3.77. The molecule has 4 nitrogen and oxygen atoms in total. The van der Waals surface area contributed by atoms with Crippen molar-refractivity contribution < 1.29 is 19.8 Å². The Kier molecular flexibility index (Phi) is 6.46. The minimum Gasteiger partial charge on any atom is -0.481 e. The minimum atomic E-state index is -0.959. The molecule has 1 rings (SSSR count). The number of carbonyl (C=O) groups is 2. The van der Waals surface area contributed by atoms with Gasteiger partial charge in [-0.2, -0.15) is 0 Å². The molecule has 0 aliphatic rings. The quantitative estimate of drug-likeness (QED) is 0.429. The van der Waals surface area contributed by atoms with Crippen LogP contribution < -0.4 is 0 Å². The Bertz CT molecular complexity index is 400.